The average molecular weight is 235 g/mol. The van der Waals surface area contributed by atoms with Crippen molar-refractivity contribution in [1.29, 1.82) is 0 Å². The van der Waals surface area contributed by atoms with Gasteiger partial charge < -0.3 is 5.11 Å². The van der Waals surface area contributed by atoms with Crippen molar-refractivity contribution in [3.8, 4) is 5.75 Å². The minimum absolute atomic E-state index is 0.0856. The zero-order valence-electron chi connectivity index (χ0n) is 7.90. The lowest BCUT2D eigenvalue weighted by Crippen LogP contribution is -2.04. The van der Waals surface area contributed by atoms with Crippen LogP contribution in [0.1, 0.15) is 5.56 Å². The van der Waals surface area contributed by atoms with Gasteiger partial charge in [0.2, 0.25) is 0 Å². The zero-order valence-corrected chi connectivity index (χ0v) is 8.71. The Bertz CT molecular complexity index is 472. The molecule has 0 aromatic heterocycles. The van der Waals surface area contributed by atoms with Crippen LogP contribution in [-0.2, 0) is 21.3 Å². The molecular weight excluding hydrogens is 225 g/mol. The van der Waals surface area contributed by atoms with Crippen molar-refractivity contribution in [2.75, 3.05) is 6.26 Å². The van der Waals surface area contributed by atoms with Crippen LogP contribution in [0.25, 0.3) is 0 Å². The summed E-state index contributed by atoms with van der Waals surface area (Å²) >= 11 is 0. The number of aromatic hydroxyl groups is 1. The lowest BCUT2D eigenvalue weighted by atomic mass is 10.2. The highest BCUT2D eigenvalue weighted by molar-refractivity contribution is 7.90. The van der Waals surface area contributed by atoms with Crippen molar-refractivity contribution < 1.29 is 22.8 Å². The van der Waals surface area contributed by atoms with Crippen LogP contribution >= 0.6 is 0 Å². The smallest absolute Gasteiger partial charge is 0.183 e. The van der Waals surface area contributed by atoms with Crippen LogP contribution in [0.15, 0.2) is 17.0 Å². The number of benzene rings is 1. The summed E-state index contributed by atoms with van der Waals surface area (Å²) in [6.07, 6.45) is 0.851. The van der Waals surface area contributed by atoms with E-state index in [-0.39, 0.29) is 12.2 Å². The van der Waals surface area contributed by atoms with Crippen molar-refractivity contribution in [3.05, 3.63) is 23.5 Å². The lowest BCUT2D eigenvalue weighted by Gasteiger charge is -2.07. The Labute approximate surface area is 86.2 Å². The molecule has 0 radical (unpaired) electrons. The topological polar surface area (TPSA) is 89.6 Å². The van der Waals surface area contributed by atoms with E-state index in [0.717, 1.165) is 12.3 Å². The summed E-state index contributed by atoms with van der Waals surface area (Å²) in [4.78, 5) is 3.66. The van der Waals surface area contributed by atoms with E-state index in [2.05, 4.69) is 4.84 Å². The number of phenolic OH excluding ortho intramolecular Hbond substituents is 1. The van der Waals surface area contributed by atoms with Crippen molar-refractivity contribution in [1.82, 2.24) is 0 Å². The Balaban J connectivity index is 3.34. The monoisotopic (exact) mass is 235 g/mol. The van der Waals surface area contributed by atoms with Crippen LogP contribution in [0.2, 0.25) is 0 Å². The number of phenols is 1. The number of sulfone groups is 1. The third kappa shape index (κ3) is 2.44. The van der Waals surface area contributed by atoms with E-state index in [4.69, 9.17) is 5.90 Å². The van der Waals surface area contributed by atoms with Gasteiger partial charge >= 0.3 is 0 Å². The van der Waals surface area contributed by atoms with Crippen molar-refractivity contribution in [2.24, 2.45) is 5.90 Å². The van der Waals surface area contributed by atoms with Crippen LogP contribution in [0.4, 0.5) is 4.39 Å². The summed E-state index contributed by atoms with van der Waals surface area (Å²) < 4.78 is 35.5. The molecule has 0 saturated carbocycles. The van der Waals surface area contributed by atoms with Gasteiger partial charge in [-0.25, -0.2) is 18.7 Å². The molecule has 0 amide bonds. The Morgan fingerprint density at radius 3 is 2.60 bits per heavy atom. The second-order valence-electron chi connectivity index (χ2n) is 2.97. The van der Waals surface area contributed by atoms with Crippen molar-refractivity contribution in [2.45, 2.75) is 11.5 Å². The highest BCUT2D eigenvalue weighted by Crippen LogP contribution is 2.27. The summed E-state index contributed by atoms with van der Waals surface area (Å²) in [5.74, 6) is 2.80. The van der Waals surface area contributed by atoms with Gasteiger partial charge in [-0.15, -0.1) is 0 Å². The first-order chi connectivity index (χ1) is 6.88. The van der Waals surface area contributed by atoms with Crippen LogP contribution in [0, 0.1) is 5.82 Å². The van der Waals surface area contributed by atoms with Gasteiger partial charge in [0.1, 0.15) is 4.90 Å². The molecule has 1 aromatic rings. The van der Waals surface area contributed by atoms with Crippen LogP contribution in [-0.4, -0.2) is 19.8 Å². The number of halogens is 1. The highest BCUT2D eigenvalue weighted by Gasteiger charge is 2.19. The molecule has 3 N–H and O–H groups in total. The fourth-order valence-electron chi connectivity index (χ4n) is 1.08. The van der Waals surface area contributed by atoms with E-state index < -0.39 is 26.3 Å². The normalized spacial score (nSPS) is 11.7. The van der Waals surface area contributed by atoms with E-state index >= 15 is 0 Å². The van der Waals surface area contributed by atoms with E-state index in [0.29, 0.717) is 0 Å². The summed E-state index contributed by atoms with van der Waals surface area (Å²) in [6.45, 7) is -0.202. The van der Waals surface area contributed by atoms with E-state index in [9.17, 15) is 17.9 Å². The SMILES string of the molecule is CS(=O)(=O)c1ccc(CON)c(O)c1F. The second-order valence-corrected chi connectivity index (χ2v) is 4.95. The molecule has 15 heavy (non-hydrogen) atoms. The van der Waals surface area contributed by atoms with Gasteiger partial charge in [0, 0.05) is 11.8 Å². The molecule has 0 atom stereocenters. The Morgan fingerprint density at radius 1 is 1.53 bits per heavy atom. The maximum Gasteiger partial charge on any atom is 0.183 e. The molecule has 0 heterocycles. The van der Waals surface area contributed by atoms with Gasteiger partial charge in [-0.1, -0.05) is 6.07 Å². The van der Waals surface area contributed by atoms with Crippen LogP contribution in [0.3, 0.4) is 0 Å². The third-order valence-electron chi connectivity index (χ3n) is 1.80. The molecule has 0 aliphatic rings. The standard InChI is InChI=1S/C8H10FNO4S/c1-15(12,13)6-3-2-5(4-14-10)8(11)7(6)9/h2-3,11H,4,10H2,1H3. The summed E-state index contributed by atoms with van der Waals surface area (Å²) in [6, 6.07) is 2.29. The largest absolute Gasteiger partial charge is 0.505 e. The summed E-state index contributed by atoms with van der Waals surface area (Å²) in [5, 5.41) is 9.30. The first-order valence-electron chi connectivity index (χ1n) is 3.90. The van der Waals surface area contributed by atoms with Gasteiger partial charge in [-0.3, -0.25) is 4.84 Å². The quantitative estimate of drug-likeness (QED) is 0.737. The Morgan fingerprint density at radius 2 is 2.13 bits per heavy atom. The zero-order chi connectivity index (χ0) is 11.6. The lowest BCUT2D eigenvalue weighted by molar-refractivity contribution is 0.121. The molecule has 0 bridgehead atoms. The molecule has 84 valence electrons. The molecule has 0 fully saturated rings. The van der Waals surface area contributed by atoms with Gasteiger partial charge in [0.25, 0.3) is 0 Å². The molecule has 5 nitrogen and oxygen atoms in total. The minimum atomic E-state index is -3.69. The minimum Gasteiger partial charge on any atom is -0.505 e. The molecule has 1 rings (SSSR count). The molecule has 0 aliphatic heterocycles. The number of rotatable bonds is 3. The second kappa shape index (κ2) is 4.13. The first-order valence-corrected chi connectivity index (χ1v) is 5.79. The maximum atomic E-state index is 13.4. The van der Waals surface area contributed by atoms with Crippen molar-refractivity contribution in [3.63, 3.8) is 0 Å². The van der Waals surface area contributed by atoms with Crippen molar-refractivity contribution >= 4 is 9.84 Å². The van der Waals surface area contributed by atoms with Crippen LogP contribution < -0.4 is 5.90 Å². The summed E-state index contributed by atoms with van der Waals surface area (Å²) in [7, 11) is -3.69. The third-order valence-corrected chi connectivity index (χ3v) is 2.92. The molecular formula is C8H10FNO4S. The van der Waals surface area contributed by atoms with E-state index in [1.54, 1.807) is 0 Å². The van der Waals surface area contributed by atoms with E-state index in [1.165, 1.54) is 6.07 Å². The maximum absolute atomic E-state index is 13.4. The fourth-order valence-corrected chi connectivity index (χ4v) is 1.82. The van der Waals surface area contributed by atoms with Gasteiger partial charge in [-0.05, 0) is 6.07 Å². The highest BCUT2D eigenvalue weighted by atomic mass is 32.2. The Kier molecular flexibility index (Phi) is 3.28. The molecule has 0 saturated heterocycles. The number of hydrogen-bond acceptors (Lipinski definition) is 5. The van der Waals surface area contributed by atoms with Gasteiger partial charge in [0.05, 0.1) is 6.61 Å². The predicted molar refractivity (Wildman–Crippen MR) is 50.2 cm³/mol. The number of hydrogen-bond donors (Lipinski definition) is 2. The molecule has 0 unspecified atom stereocenters. The Hall–Kier alpha value is -1.18. The molecule has 0 spiro atoms. The molecule has 0 aliphatic carbocycles. The average Bonchev–Trinajstić information content (AvgIpc) is 2.11. The molecule has 7 heteroatoms. The van der Waals surface area contributed by atoms with Crippen LogP contribution in [0.5, 0.6) is 5.75 Å². The number of nitrogens with two attached hydrogens (primary N) is 1. The van der Waals surface area contributed by atoms with Gasteiger partial charge in [-0.2, -0.15) is 0 Å². The first kappa shape index (κ1) is 11.9. The van der Waals surface area contributed by atoms with Gasteiger partial charge in [0.15, 0.2) is 21.4 Å². The predicted octanol–water partition coefficient (Wildman–Crippen LogP) is 0.325. The molecule has 1 aromatic carbocycles. The summed E-state index contributed by atoms with van der Waals surface area (Å²) in [5.41, 5.74) is 0.0856. The fraction of sp³-hybridized carbons (Fsp3) is 0.250. The van der Waals surface area contributed by atoms with E-state index in [1.807, 2.05) is 0 Å².